The van der Waals surface area contributed by atoms with Crippen LogP contribution in [0.3, 0.4) is 0 Å². The summed E-state index contributed by atoms with van der Waals surface area (Å²) in [5.41, 5.74) is 3.90. The Balaban J connectivity index is 1.17. The Bertz CT molecular complexity index is 1900. The van der Waals surface area contributed by atoms with E-state index in [0.717, 1.165) is 46.4 Å². The van der Waals surface area contributed by atoms with E-state index in [9.17, 15) is 22.8 Å². The fraction of sp³-hybridized carbons (Fsp3) is 0.561. The van der Waals surface area contributed by atoms with E-state index in [2.05, 4.69) is 24.5 Å². The largest absolute Gasteiger partial charge is 0.458 e. The number of sulfonamides is 1. The van der Waals surface area contributed by atoms with Crippen LogP contribution in [0.5, 0.6) is 0 Å². The molecule has 2 aliphatic heterocycles. The molecule has 3 heterocycles. The third kappa shape index (κ3) is 9.89. The molecule has 2 aromatic rings. The van der Waals surface area contributed by atoms with Gasteiger partial charge in [0.1, 0.15) is 24.1 Å². The number of unbranched alkanes of at least 4 members (excludes halogenated alkanes) is 1. The lowest BCUT2D eigenvalue weighted by molar-refractivity contribution is -0.157. The highest BCUT2D eigenvalue weighted by Crippen LogP contribution is 2.49. The van der Waals surface area contributed by atoms with Crippen molar-refractivity contribution in [3.63, 3.8) is 0 Å². The number of allylic oxidation sites excluding steroid dienone is 1. The predicted molar refractivity (Wildman–Crippen MR) is 207 cm³/mol. The number of hydrogen-bond acceptors (Lipinski definition) is 9. The van der Waals surface area contributed by atoms with Gasteiger partial charge in [0.25, 0.3) is 10.0 Å². The molecule has 0 spiro atoms. The summed E-state index contributed by atoms with van der Waals surface area (Å²) in [4.78, 5) is 43.5. The fourth-order valence-electron chi connectivity index (χ4n) is 7.43. The van der Waals surface area contributed by atoms with Gasteiger partial charge in [-0.05, 0) is 128 Å². The molecule has 1 fully saturated rings. The van der Waals surface area contributed by atoms with Gasteiger partial charge in [-0.1, -0.05) is 36.4 Å². The van der Waals surface area contributed by atoms with Gasteiger partial charge >= 0.3 is 12.1 Å². The number of anilines is 1. The fourth-order valence-corrected chi connectivity index (χ4v) is 9.52. The van der Waals surface area contributed by atoms with Gasteiger partial charge in [-0.15, -0.1) is 0 Å². The van der Waals surface area contributed by atoms with Crippen molar-refractivity contribution in [1.29, 1.82) is 0 Å². The van der Waals surface area contributed by atoms with Crippen LogP contribution in [0.1, 0.15) is 104 Å². The Morgan fingerprint density at radius 2 is 1.76 bits per heavy atom. The minimum absolute atomic E-state index is 0.00937. The molecule has 13 heteroatoms. The molecule has 0 saturated carbocycles. The molecule has 12 nitrogen and oxygen atoms in total. The SMILES string of the molecule is CC1=C(C)C2OC(C)(C)CC2C(C)=C1S(=O)(=O)N1CCCc2ccc(CCCCC(=O)NC[C@H](NC(=O)OCc3ccccc3)C(=O)OC(C)(C)C)nc21. The number of nitrogens with zero attached hydrogens (tertiary/aromatic N) is 2. The third-order valence-electron chi connectivity index (χ3n) is 10.2. The van der Waals surface area contributed by atoms with Crippen molar-refractivity contribution in [3.8, 4) is 0 Å². The van der Waals surface area contributed by atoms with Crippen molar-refractivity contribution >= 4 is 33.8 Å². The number of rotatable bonds is 13. The average Bonchev–Trinajstić information content (AvgIpc) is 3.45. The quantitative estimate of drug-likeness (QED) is 0.173. The third-order valence-corrected chi connectivity index (χ3v) is 12.3. The first-order chi connectivity index (χ1) is 25.4. The first-order valence-corrected chi connectivity index (χ1v) is 20.3. The van der Waals surface area contributed by atoms with Crippen LogP contribution < -0.4 is 14.9 Å². The number of esters is 1. The van der Waals surface area contributed by atoms with Crippen molar-refractivity contribution in [2.24, 2.45) is 5.92 Å². The standard InChI is InChI=1S/C41H56N4O8S/c1-26-27(2)36(28(3)32-23-41(7,8)52-35(26)32)54(49,50)45-22-14-17-30-20-21-31(43-37(30)45)18-12-13-19-34(46)42-24-33(38(47)53-40(4,5)6)44-39(48)51-25-29-15-10-9-11-16-29/h9-11,15-16,20-21,32-33,35H,12-14,17-19,22-25H2,1-8H3,(H,42,46)(H,44,48)/t32?,33-,35?/m0/s1. The first kappa shape index (κ1) is 40.9. The Kier molecular flexibility index (Phi) is 12.6. The molecule has 1 saturated heterocycles. The van der Waals surface area contributed by atoms with Crippen molar-refractivity contribution in [1.82, 2.24) is 15.6 Å². The topological polar surface area (TPSA) is 153 Å². The van der Waals surface area contributed by atoms with E-state index in [1.54, 1.807) is 20.8 Å². The van der Waals surface area contributed by atoms with Gasteiger partial charge in [0.05, 0.1) is 16.6 Å². The molecule has 3 aliphatic rings. The summed E-state index contributed by atoms with van der Waals surface area (Å²) in [7, 11) is -3.90. The van der Waals surface area contributed by atoms with Crippen LogP contribution in [0.15, 0.2) is 64.1 Å². The summed E-state index contributed by atoms with van der Waals surface area (Å²) in [6, 6.07) is 11.9. The van der Waals surface area contributed by atoms with Gasteiger partial charge < -0.3 is 24.8 Å². The van der Waals surface area contributed by atoms with Crippen LogP contribution in [-0.2, 0) is 53.3 Å². The predicted octanol–water partition coefficient (Wildman–Crippen LogP) is 6.44. The number of carbonyl (C=O) groups is 3. The van der Waals surface area contributed by atoms with Crippen LogP contribution >= 0.6 is 0 Å². The van der Waals surface area contributed by atoms with Gasteiger partial charge in [0.2, 0.25) is 5.91 Å². The molecular formula is C41H56N4O8S. The molecular weight excluding hydrogens is 709 g/mol. The van der Waals surface area contributed by atoms with E-state index >= 15 is 0 Å². The van der Waals surface area contributed by atoms with Gasteiger partial charge in [-0.3, -0.25) is 4.79 Å². The summed E-state index contributed by atoms with van der Waals surface area (Å²) < 4.78 is 47.6. The van der Waals surface area contributed by atoms with Gasteiger partial charge in [0, 0.05) is 31.1 Å². The van der Waals surface area contributed by atoms with Crippen molar-refractivity contribution in [2.75, 3.05) is 17.4 Å². The number of ether oxygens (including phenoxy) is 3. The number of hydrogen-bond donors (Lipinski definition) is 2. The van der Waals surface area contributed by atoms with Crippen LogP contribution in [0, 0.1) is 5.92 Å². The number of amides is 2. The van der Waals surface area contributed by atoms with E-state index in [4.69, 9.17) is 19.2 Å². The van der Waals surface area contributed by atoms with Crippen LogP contribution in [-0.4, -0.2) is 67.8 Å². The highest BCUT2D eigenvalue weighted by Gasteiger charge is 2.48. The Morgan fingerprint density at radius 1 is 1.04 bits per heavy atom. The highest BCUT2D eigenvalue weighted by molar-refractivity contribution is 7.96. The number of benzene rings is 1. The molecule has 1 aromatic heterocycles. The average molecular weight is 765 g/mol. The summed E-state index contributed by atoms with van der Waals surface area (Å²) >= 11 is 0. The van der Waals surface area contributed by atoms with E-state index in [1.165, 1.54) is 4.31 Å². The minimum atomic E-state index is -3.90. The molecule has 2 amide bonds. The first-order valence-electron chi connectivity index (χ1n) is 18.9. The zero-order chi connectivity index (χ0) is 39.4. The minimum Gasteiger partial charge on any atom is -0.458 e. The summed E-state index contributed by atoms with van der Waals surface area (Å²) in [6.07, 6.45) is 3.20. The summed E-state index contributed by atoms with van der Waals surface area (Å²) in [5.74, 6) is -0.483. The molecule has 1 aliphatic carbocycles. The number of alkyl carbamates (subject to hydrolysis) is 1. The monoisotopic (exact) mass is 764 g/mol. The normalized spacial score (nSPS) is 20.2. The maximum atomic E-state index is 14.5. The van der Waals surface area contributed by atoms with Crippen molar-refractivity contribution in [2.45, 2.75) is 130 Å². The maximum absolute atomic E-state index is 14.5. The Morgan fingerprint density at radius 3 is 2.46 bits per heavy atom. The van der Waals surface area contributed by atoms with Gasteiger partial charge in [-0.25, -0.2) is 27.3 Å². The zero-order valence-corrected chi connectivity index (χ0v) is 33.7. The number of carbonyl (C=O) groups excluding carboxylic acids is 3. The van der Waals surface area contributed by atoms with Gasteiger partial charge in [-0.2, -0.15) is 0 Å². The van der Waals surface area contributed by atoms with Crippen molar-refractivity contribution < 1.29 is 37.0 Å². The maximum Gasteiger partial charge on any atom is 0.408 e. The number of pyridine rings is 1. The second-order valence-electron chi connectivity index (χ2n) is 16.2. The van der Waals surface area contributed by atoms with Crippen molar-refractivity contribution in [3.05, 3.63) is 80.9 Å². The molecule has 54 heavy (non-hydrogen) atoms. The number of aromatic nitrogens is 1. The second-order valence-corrected chi connectivity index (χ2v) is 18.0. The van der Waals surface area contributed by atoms with Crippen LogP contribution in [0.25, 0.3) is 0 Å². The summed E-state index contributed by atoms with van der Waals surface area (Å²) in [6.45, 7) is 15.3. The van der Waals surface area contributed by atoms with E-state index in [-0.39, 0.29) is 43.1 Å². The zero-order valence-electron chi connectivity index (χ0n) is 32.9. The van der Waals surface area contributed by atoms with E-state index in [1.807, 2.05) is 63.2 Å². The van der Waals surface area contributed by atoms with Gasteiger partial charge in [0.15, 0.2) is 0 Å². The number of aryl methyl sites for hydroxylation is 2. The molecule has 1 aromatic carbocycles. The molecule has 294 valence electrons. The molecule has 2 N–H and O–H groups in total. The second kappa shape index (κ2) is 16.6. The van der Waals surface area contributed by atoms with Crippen LogP contribution in [0.4, 0.5) is 10.6 Å². The lowest BCUT2D eigenvalue weighted by Crippen LogP contribution is -2.50. The Labute approximate surface area is 320 Å². The van der Waals surface area contributed by atoms with Crippen LogP contribution in [0.2, 0.25) is 0 Å². The molecule has 0 radical (unpaired) electrons. The number of nitrogens with one attached hydrogen (secondary N) is 2. The van der Waals surface area contributed by atoms with E-state index < -0.39 is 33.7 Å². The lowest BCUT2D eigenvalue weighted by Gasteiger charge is -2.35. The molecule has 0 bridgehead atoms. The highest BCUT2D eigenvalue weighted by atomic mass is 32.2. The summed E-state index contributed by atoms with van der Waals surface area (Å²) in [5, 5.41) is 5.25. The number of fused-ring (bicyclic) bond motifs is 2. The Hall–Kier alpha value is -4.23. The molecule has 5 rings (SSSR count). The molecule has 2 unspecified atom stereocenters. The molecule has 3 atom stereocenters. The smallest absolute Gasteiger partial charge is 0.408 e. The van der Waals surface area contributed by atoms with E-state index in [0.29, 0.717) is 43.0 Å². The lowest BCUT2D eigenvalue weighted by atomic mass is 9.80.